The molecule has 0 bridgehead atoms. The van der Waals surface area contributed by atoms with Gasteiger partial charge in [-0.15, -0.1) is 0 Å². The molecule has 2 rings (SSSR count). The largest absolute Gasteiger partial charge is 0.480 e. The van der Waals surface area contributed by atoms with E-state index in [4.69, 9.17) is 4.74 Å². The van der Waals surface area contributed by atoms with E-state index >= 15 is 0 Å². The summed E-state index contributed by atoms with van der Waals surface area (Å²) in [4.78, 5) is 11.3. The van der Waals surface area contributed by atoms with Crippen molar-refractivity contribution < 1.29 is 23.1 Å². The lowest BCUT2D eigenvalue weighted by Gasteiger charge is -2.24. The molecule has 1 heterocycles. The number of hydrogen-bond acceptors (Lipinski definition) is 4. The first-order valence-corrected chi connectivity index (χ1v) is 7.92. The molecule has 0 aliphatic carbocycles. The van der Waals surface area contributed by atoms with E-state index in [1.165, 1.54) is 0 Å². The first-order chi connectivity index (χ1) is 9.50. The highest BCUT2D eigenvalue weighted by atomic mass is 32.2. The number of ether oxygens (including phenoxy) is 1. The van der Waals surface area contributed by atoms with Crippen LogP contribution in [-0.2, 0) is 19.6 Å². The first-order valence-electron chi connectivity index (χ1n) is 6.37. The average molecular weight is 299 g/mol. The highest BCUT2D eigenvalue weighted by Crippen LogP contribution is 2.19. The summed E-state index contributed by atoms with van der Waals surface area (Å²) in [6.45, 7) is 0.656. The molecule has 6 nitrogen and oxygen atoms in total. The molecule has 1 saturated heterocycles. The van der Waals surface area contributed by atoms with Crippen LogP contribution in [0.3, 0.4) is 0 Å². The second kappa shape index (κ2) is 6.34. The van der Waals surface area contributed by atoms with Crippen molar-refractivity contribution in [3.05, 3.63) is 35.9 Å². The molecule has 7 heteroatoms. The number of aliphatic carboxylic acids is 1. The molecule has 20 heavy (non-hydrogen) atoms. The third-order valence-electron chi connectivity index (χ3n) is 3.22. The summed E-state index contributed by atoms with van der Waals surface area (Å²) >= 11 is 0. The Morgan fingerprint density at radius 2 is 2.05 bits per heavy atom. The lowest BCUT2D eigenvalue weighted by atomic mass is 10.1. The predicted molar refractivity (Wildman–Crippen MR) is 72.7 cm³/mol. The number of carboxylic acid groups (broad SMARTS) is 1. The molecule has 0 amide bonds. The van der Waals surface area contributed by atoms with E-state index in [9.17, 15) is 18.3 Å². The third kappa shape index (κ3) is 3.56. The maximum atomic E-state index is 12.2. The molecule has 1 unspecified atom stereocenters. The van der Waals surface area contributed by atoms with Crippen LogP contribution in [0.25, 0.3) is 0 Å². The van der Waals surface area contributed by atoms with Crippen molar-refractivity contribution >= 4 is 16.0 Å². The van der Waals surface area contributed by atoms with Crippen molar-refractivity contribution in [3.63, 3.8) is 0 Å². The van der Waals surface area contributed by atoms with Crippen LogP contribution >= 0.6 is 0 Å². The first kappa shape index (κ1) is 15.0. The zero-order chi connectivity index (χ0) is 14.6. The fourth-order valence-electron chi connectivity index (χ4n) is 2.12. The van der Waals surface area contributed by atoms with Gasteiger partial charge in [0.2, 0.25) is 10.0 Å². The van der Waals surface area contributed by atoms with Crippen LogP contribution in [0, 0.1) is 0 Å². The summed E-state index contributed by atoms with van der Waals surface area (Å²) in [5, 5.41) is 8.54. The van der Waals surface area contributed by atoms with Gasteiger partial charge in [-0.2, -0.15) is 4.72 Å². The Labute approximate surface area is 117 Å². The monoisotopic (exact) mass is 299 g/mol. The number of benzene rings is 1. The Hall–Kier alpha value is -1.44. The minimum atomic E-state index is -3.73. The van der Waals surface area contributed by atoms with E-state index in [0.29, 0.717) is 25.0 Å². The van der Waals surface area contributed by atoms with E-state index in [1.807, 2.05) is 0 Å². The van der Waals surface area contributed by atoms with Gasteiger partial charge in [-0.05, 0) is 18.4 Å². The van der Waals surface area contributed by atoms with Crippen molar-refractivity contribution in [2.45, 2.75) is 24.1 Å². The van der Waals surface area contributed by atoms with Crippen molar-refractivity contribution in [1.82, 2.24) is 4.72 Å². The highest BCUT2D eigenvalue weighted by Gasteiger charge is 2.33. The molecule has 1 aromatic rings. The third-order valence-corrected chi connectivity index (χ3v) is 5.03. The van der Waals surface area contributed by atoms with Gasteiger partial charge in [-0.25, -0.2) is 8.42 Å². The van der Waals surface area contributed by atoms with Crippen molar-refractivity contribution in [1.29, 1.82) is 0 Å². The van der Waals surface area contributed by atoms with Crippen LogP contribution in [0.1, 0.15) is 24.4 Å². The number of rotatable bonds is 5. The zero-order valence-corrected chi connectivity index (χ0v) is 11.7. The SMILES string of the molecule is O=C(O)[C@@H](NS(=O)(=O)C1CCCOC1)c1ccccc1. The Morgan fingerprint density at radius 3 is 2.60 bits per heavy atom. The van der Waals surface area contributed by atoms with Gasteiger partial charge in [0.05, 0.1) is 11.9 Å². The maximum Gasteiger partial charge on any atom is 0.326 e. The second-order valence-corrected chi connectivity index (χ2v) is 6.68. The topological polar surface area (TPSA) is 92.7 Å². The fraction of sp³-hybridized carbons (Fsp3) is 0.462. The molecule has 2 atom stereocenters. The predicted octanol–water partition coefficient (Wildman–Crippen LogP) is 0.911. The van der Waals surface area contributed by atoms with E-state index in [-0.39, 0.29) is 6.61 Å². The minimum Gasteiger partial charge on any atom is -0.480 e. The Morgan fingerprint density at radius 1 is 1.35 bits per heavy atom. The fourth-order valence-corrected chi connectivity index (χ4v) is 3.63. The summed E-state index contributed by atoms with van der Waals surface area (Å²) in [7, 11) is -3.73. The van der Waals surface area contributed by atoms with Gasteiger partial charge >= 0.3 is 5.97 Å². The van der Waals surface area contributed by atoms with Crippen LogP contribution in [-0.4, -0.2) is 38.0 Å². The molecular weight excluding hydrogens is 282 g/mol. The van der Waals surface area contributed by atoms with Gasteiger partial charge in [-0.3, -0.25) is 4.79 Å². The van der Waals surface area contributed by atoms with Crippen LogP contribution < -0.4 is 4.72 Å². The van der Waals surface area contributed by atoms with E-state index in [0.717, 1.165) is 0 Å². The lowest BCUT2D eigenvalue weighted by Crippen LogP contribution is -2.43. The number of hydrogen-bond donors (Lipinski definition) is 2. The van der Waals surface area contributed by atoms with Gasteiger partial charge in [0.15, 0.2) is 0 Å². The molecule has 1 aromatic carbocycles. The summed E-state index contributed by atoms with van der Waals surface area (Å²) in [6.07, 6.45) is 1.14. The molecule has 0 aromatic heterocycles. The van der Waals surface area contributed by atoms with Crippen LogP contribution in [0.5, 0.6) is 0 Å². The Kier molecular flexibility index (Phi) is 4.74. The number of sulfonamides is 1. The molecule has 1 fully saturated rings. The van der Waals surface area contributed by atoms with Crippen molar-refractivity contribution in [3.8, 4) is 0 Å². The summed E-state index contributed by atoms with van der Waals surface area (Å²) in [5.74, 6) is -1.23. The van der Waals surface area contributed by atoms with Gasteiger partial charge in [0.25, 0.3) is 0 Å². The van der Waals surface area contributed by atoms with Crippen LogP contribution in [0.2, 0.25) is 0 Å². The molecule has 0 saturated carbocycles. The number of nitrogens with one attached hydrogen (secondary N) is 1. The standard InChI is InChI=1S/C13H17NO5S/c15-13(16)12(10-5-2-1-3-6-10)14-20(17,18)11-7-4-8-19-9-11/h1-3,5-6,11-12,14H,4,7-9H2,(H,15,16)/t11?,12-/m0/s1. The molecular formula is C13H17NO5S. The maximum absolute atomic E-state index is 12.2. The number of carbonyl (C=O) groups is 1. The summed E-state index contributed by atoms with van der Waals surface area (Å²) in [6, 6.07) is 6.97. The van der Waals surface area contributed by atoms with Crippen LogP contribution in [0.4, 0.5) is 0 Å². The average Bonchev–Trinajstić information content (AvgIpc) is 2.46. The van der Waals surface area contributed by atoms with E-state index < -0.39 is 27.3 Å². The lowest BCUT2D eigenvalue weighted by molar-refractivity contribution is -0.139. The molecule has 1 aliphatic heterocycles. The highest BCUT2D eigenvalue weighted by molar-refractivity contribution is 7.90. The molecule has 2 N–H and O–H groups in total. The quantitative estimate of drug-likeness (QED) is 0.843. The number of carboxylic acids is 1. The van der Waals surface area contributed by atoms with Gasteiger partial charge < -0.3 is 9.84 Å². The van der Waals surface area contributed by atoms with E-state index in [1.54, 1.807) is 30.3 Å². The van der Waals surface area contributed by atoms with Crippen LogP contribution in [0.15, 0.2) is 30.3 Å². The molecule has 0 spiro atoms. The van der Waals surface area contributed by atoms with E-state index in [2.05, 4.69) is 4.72 Å². The van der Waals surface area contributed by atoms with Gasteiger partial charge in [-0.1, -0.05) is 30.3 Å². The molecule has 1 aliphatic rings. The minimum absolute atomic E-state index is 0.108. The Bertz CT molecular complexity index is 551. The normalized spacial score (nSPS) is 21.3. The second-order valence-electron chi connectivity index (χ2n) is 4.68. The zero-order valence-electron chi connectivity index (χ0n) is 10.9. The smallest absolute Gasteiger partial charge is 0.326 e. The Balaban J connectivity index is 2.18. The van der Waals surface area contributed by atoms with Gasteiger partial charge in [0.1, 0.15) is 6.04 Å². The van der Waals surface area contributed by atoms with Gasteiger partial charge in [0, 0.05) is 6.61 Å². The molecule has 110 valence electrons. The van der Waals surface area contributed by atoms with Crippen molar-refractivity contribution in [2.24, 2.45) is 0 Å². The summed E-state index contributed by atoms with van der Waals surface area (Å²) in [5.41, 5.74) is 0.403. The summed E-state index contributed by atoms with van der Waals surface area (Å²) < 4.78 is 31.9. The molecule has 0 radical (unpaired) electrons. The van der Waals surface area contributed by atoms with Crippen molar-refractivity contribution in [2.75, 3.05) is 13.2 Å².